The number of carbonyl (C=O) groups excluding carboxylic acids is 7. The zero-order valence-electron chi connectivity index (χ0n) is 50.8. The van der Waals surface area contributed by atoms with Crippen molar-refractivity contribution in [3.8, 4) is 23.0 Å². The van der Waals surface area contributed by atoms with E-state index in [1.165, 1.54) is 11.3 Å². The molecule has 89 heavy (non-hydrogen) atoms. The van der Waals surface area contributed by atoms with Gasteiger partial charge in [0.15, 0.2) is 0 Å². The van der Waals surface area contributed by atoms with Crippen molar-refractivity contribution in [2.75, 3.05) is 55.2 Å². The summed E-state index contributed by atoms with van der Waals surface area (Å²) in [4.78, 5) is 93.6. The zero-order valence-corrected chi connectivity index (χ0v) is 51.6. The smallest absolute Gasteiger partial charge is 0.330 e. The normalized spacial score (nSPS) is 16.3. The van der Waals surface area contributed by atoms with Crippen molar-refractivity contribution in [3.63, 3.8) is 0 Å². The SMILES string of the molecule is C=CC(=O)OCCCCCCOc1ccc(NC(=O)C2CCC(C(=O)Nc3ccc(OC(=O)C4CCC(C(=O)Oc5ccc(OCCCCCCOC(=O)C=C)cc5)CC4)c(/C=N/N(CCCCCCOC(=O)C=C)c4nc5ccccc5s4)c3)CC2)cc1. The third-order valence-electron chi connectivity index (χ3n) is 15.5. The minimum atomic E-state index is -0.478. The number of esters is 5. The summed E-state index contributed by atoms with van der Waals surface area (Å²) in [5.41, 5.74) is 2.41. The maximum absolute atomic E-state index is 14.0. The molecule has 1 aromatic heterocycles. The third-order valence-corrected chi connectivity index (χ3v) is 16.5. The van der Waals surface area contributed by atoms with E-state index >= 15 is 0 Å². The van der Waals surface area contributed by atoms with Crippen LogP contribution in [0, 0.1) is 23.7 Å². The van der Waals surface area contributed by atoms with Crippen LogP contribution in [0.3, 0.4) is 0 Å². The van der Waals surface area contributed by atoms with Gasteiger partial charge in [-0.1, -0.05) is 49.6 Å². The molecule has 4 aromatic carbocycles. The topological polar surface area (TPSA) is 237 Å². The molecule has 2 saturated carbocycles. The Bertz CT molecular complexity index is 3130. The van der Waals surface area contributed by atoms with Crippen LogP contribution in [0.15, 0.2) is 134 Å². The average Bonchev–Trinajstić information content (AvgIpc) is 4.22. The van der Waals surface area contributed by atoms with Crippen molar-refractivity contribution in [3.05, 3.63) is 135 Å². The van der Waals surface area contributed by atoms with Crippen LogP contribution in [0.1, 0.15) is 134 Å². The van der Waals surface area contributed by atoms with Crippen LogP contribution < -0.4 is 34.6 Å². The van der Waals surface area contributed by atoms with E-state index in [0.29, 0.717) is 137 Å². The Labute approximate surface area is 525 Å². The first-order valence-corrected chi connectivity index (χ1v) is 31.9. The molecule has 1 heterocycles. The van der Waals surface area contributed by atoms with Crippen molar-refractivity contribution in [1.29, 1.82) is 0 Å². The van der Waals surface area contributed by atoms with Crippen LogP contribution >= 0.6 is 11.3 Å². The Hall–Kier alpha value is -8.65. The predicted octanol–water partition coefficient (Wildman–Crippen LogP) is 13.5. The summed E-state index contributed by atoms with van der Waals surface area (Å²) >= 11 is 1.50. The largest absolute Gasteiger partial charge is 0.494 e. The van der Waals surface area contributed by atoms with Gasteiger partial charge in [0.2, 0.25) is 16.9 Å². The van der Waals surface area contributed by atoms with E-state index in [1.54, 1.807) is 48.7 Å². The summed E-state index contributed by atoms with van der Waals surface area (Å²) in [6.07, 6.45) is 18.9. The fourth-order valence-electron chi connectivity index (χ4n) is 10.3. The monoisotopic (exact) mass is 1240 g/mol. The van der Waals surface area contributed by atoms with Gasteiger partial charge in [-0.25, -0.2) is 24.4 Å². The second-order valence-electron chi connectivity index (χ2n) is 22.1. The van der Waals surface area contributed by atoms with Gasteiger partial charge in [-0.05, 0) is 201 Å². The number of thiazole rings is 1. The van der Waals surface area contributed by atoms with E-state index in [4.69, 9.17) is 43.2 Å². The third kappa shape index (κ3) is 23.4. The minimum Gasteiger partial charge on any atom is -0.494 e. The average molecular weight is 1240 g/mol. The van der Waals surface area contributed by atoms with Crippen LogP contribution in [0.25, 0.3) is 10.2 Å². The van der Waals surface area contributed by atoms with Crippen molar-refractivity contribution in [2.24, 2.45) is 28.8 Å². The highest BCUT2D eigenvalue weighted by atomic mass is 32.1. The number of anilines is 3. The number of ether oxygens (including phenoxy) is 7. The number of rotatable bonds is 37. The number of benzene rings is 4. The van der Waals surface area contributed by atoms with E-state index in [-0.39, 0.29) is 35.4 Å². The molecule has 2 fully saturated rings. The number of hydrazone groups is 1. The lowest BCUT2D eigenvalue weighted by Gasteiger charge is -2.27. The molecule has 0 spiro atoms. The van der Waals surface area contributed by atoms with Crippen LogP contribution in [-0.4, -0.2) is 92.4 Å². The quantitative estimate of drug-likeness (QED) is 0.00715. The molecule has 7 rings (SSSR count). The standard InChI is InChI=1S/C69H83N5O14S/c1-4-62(75)84-44-18-8-7-15-41-74(69-73-59-21-13-14-22-61(59)89-69)70-48-53-47-55(72-66(79)50-25-23-49(24-26-50)65(78)71-54-31-34-56(35-32-54)82-42-16-9-11-19-45-85-63(76)5-2)33-40-60(53)88-68(81)52-29-27-51(28-30-52)67(80)87-58-38-36-57(37-39-58)83-43-17-10-12-20-46-86-64(77)6-3/h4-6,13-14,21-22,31-40,47-52H,1-3,7-12,15-20,23-30,41-46H2,(H,71,78)(H,72,79)/b70-48+. The number of nitrogens with one attached hydrogen (secondary N) is 2. The number of nitrogens with zero attached hydrogens (tertiary/aromatic N) is 3. The Morgan fingerprint density at radius 1 is 0.506 bits per heavy atom. The Morgan fingerprint density at radius 3 is 1.46 bits per heavy atom. The maximum atomic E-state index is 14.0. The van der Waals surface area contributed by atoms with Crippen molar-refractivity contribution < 1.29 is 66.7 Å². The minimum absolute atomic E-state index is 0.0971. The summed E-state index contributed by atoms with van der Waals surface area (Å²) < 4.78 is 39.8. The molecule has 474 valence electrons. The fraction of sp³-hybridized carbons (Fsp3) is 0.435. The number of fused-ring (bicyclic) bond motifs is 1. The van der Waals surface area contributed by atoms with Crippen molar-refractivity contribution in [2.45, 2.75) is 128 Å². The number of aromatic nitrogens is 1. The number of hydrogen-bond acceptors (Lipinski definition) is 18. The summed E-state index contributed by atoms with van der Waals surface area (Å²) in [5.74, 6) is -1.83. The highest BCUT2D eigenvalue weighted by molar-refractivity contribution is 7.22. The second-order valence-corrected chi connectivity index (χ2v) is 23.1. The lowest BCUT2D eigenvalue weighted by Crippen LogP contribution is -2.32. The molecule has 0 atom stereocenters. The molecule has 2 aliphatic rings. The molecular weight excluding hydrogens is 1150 g/mol. The summed E-state index contributed by atoms with van der Waals surface area (Å²) in [6, 6.07) is 27.1. The molecule has 0 radical (unpaired) electrons. The van der Waals surface area contributed by atoms with Gasteiger partial charge in [0.05, 0.1) is 61.3 Å². The van der Waals surface area contributed by atoms with Gasteiger partial charge in [0, 0.05) is 53.5 Å². The number of amides is 2. The van der Waals surface area contributed by atoms with Crippen LogP contribution in [-0.2, 0) is 47.8 Å². The molecule has 2 amide bonds. The fourth-order valence-corrected chi connectivity index (χ4v) is 11.3. The molecule has 0 bridgehead atoms. The molecule has 19 nitrogen and oxygen atoms in total. The molecule has 20 heteroatoms. The first-order valence-electron chi connectivity index (χ1n) is 31.1. The summed E-state index contributed by atoms with van der Waals surface area (Å²) in [7, 11) is 0. The number of hydrogen-bond donors (Lipinski definition) is 2. The van der Waals surface area contributed by atoms with Gasteiger partial charge in [0.1, 0.15) is 23.0 Å². The number of unbranched alkanes of at least 4 members (excludes halogenated alkanes) is 9. The summed E-state index contributed by atoms with van der Waals surface area (Å²) in [5, 5.41) is 13.6. The van der Waals surface area contributed by atoms with Gasteiger partial charge < -0.3 is 43.8 Å². The van der Waals surface area contributed by atoms with Crippen molar-refractivity contribution >= 4 is 85.9 Å². The van der Waals surface area contributed by atoms with Gasteiger partial charge in [0.25, 0.3) is 0 Å². The van der Waals surface area contributed by atoms with E-state index < -0.39 is 35.7 Å². The molecule has 0 unspecified atom stereocenters. The Kier molecular flexibility index (Phi) is 28.4. The van der Waals surface area contributed by atoms with E-state index in [9.17, 15) is 33.6 Å². The molecule has 2 N–H and O–H groups in total. The second kappa shape index (κ2) is 37.3. The Balaban J connectivity index is 0.932. The number of carbonyl (C=O) groups is 7. The highest BCUT2D eigenvalue weighted by Crippen LogP contribution is 2.35. The Morgan fingerprint density at radius 2 is 0.944 bits per heavy atom. The number of para-hydroxylation sites is 1. The van der Waals surface area contributed by atoms with Gasteiger partial charge in [-0.2, -0.15) is 5.10 Å². The van der Waals surface area contributed by atoms with Crippen LogP contribution in [0.2, 0.25) is 0 Å². The van der Waals surface area contributed by atoms with Gasteiger partial charge in [-0.3, -0.25) is 19.2 Å². The zero-order chi connectivity index (χ0) is 63.0. The first-order chi connectivity index (χ1) is 43.4. The van der Waals surface area contributed by atoms with Crippen LogP contribution in [0.4, 0.5) is 16.5 Å². The van der Waals surface area contributed by atoms with Gasteiger partial charge >= 0.3 is 29.8 Å². The first kappa shape index (κ1) is 67.9. The molecule has 2 aliphatic carbocycles. The lowest BCUT2D eigenvalue weighted by molar-refractivity contribution is -0.145. The maximum Gasteiger partial charge on any atom is 0.330 e. The van der Waals surface area contributed by atoms with Gasteiger partial charge in [-0.15, -0.1) is 0 Å². The van der Waals surface area contributed by atoms with Crippen LogP contribution in [0.5, 0.6) is 23.0 Å². The molecule has 0 aliphatic heterocycles. The predicted molar refractivity (Wildman–Crippen MR) is 343 cm³/mol. The van der Waals surface area contributed by atoms with E-state index in [1.807, 2.05) is 53.5 Å². The lowest BCUT2D eigenvalue weighted by atomic mass is 9.81. The summed E-state index contributed by atoms with van der Waals surface area (Å²) in [6.45, 7) is 12.9. The highest BCUT2D eigenvalue weighted by Gasteiger charge is 2.33. The van der Waals surface area contributed by atoms with E-state index in [2.05, 4.69) is 30.4 Å². The molecule has 0 saturated heterocycles. The molecular formula is C69H83N5O14S. The van der Waals surface area contributed by atoms with E-state index in [0.717, 1.165) is 99.1 Å². The molecule has 5 aromatic rings. The van der Waals surface area contributed by atoms with Crippen molar-refractivity contribution in [1.82, 2.24) is 4.98 Å².